The summed E-state index contributed by atoms with van der Waals surface area (Å²) in [5.74, 6) is 1.39. The Labute approximate surface area is 192 Å². The lowest BCUT2D eigenvalue weighted by molar-refractivity contribution is -0.0835. The van der Waals surface area contributed by atoms with Crippen LogP contribution in [0.2, 0.25) is 0 Å². The van der Waals surface area contributed by atoms with Gasteiger partial charge in [-0.1, -0.05) is 39.0 Å². The van der Waals surface area contributed by atoms with Crippen LogP contribution < -0.4 is 10.6 Å². The Bertz CT molecular complexity index is 809. The number of para-hydroxylation sites is 1. The van der Waals surface area contributed by atoms with Gasteiger partial charge in [-0.15, -0.1) is 24.0 Å². The average molecular weight is 512 g/mol. The van der Waals surface area contributed by atoms with Crippen LogP contribution in [0.5, 0.6) is 0 Å². The topological polar surface area (TPSA) is 61.4 Å². The van der Waals surface area contributed by atoms with Crippen LogP contribution in [-0.2, 0) is 11.2 Å². The van der Waals surface area contributed by atoms with Gasteiger partial charge in [-0.05, 0) is 42.7 Å². The first kappa shape index (κ1) is 24.0. The van der Waals surface area contributed by atoms with E-state index >= 15 is 0 Å². The normalized spacial score (nSPS) is 20.4. The predicted octanol–water partition coefficient (Wildman–Crippen LogP) is 4.64. The van der Waals surface area contributed by atoms with E-state index in [9.17, 15) is 0 Å². The number of halogens is 1. The molecule has 0 amide bonds. The highest BCUT2D eigenvalue weighted by atomic mass is 127. The number of nitrogens with zero attached hydrogens (tertiary/aromatic N) is 1. The summed E-state index contributed by atoms with van der Waals surface area (Å²) in [6.45, 7) is 11.6. The van der Waals surface area contributed by atoms with Crippen LogP contribution in [0.3, 0.4) is 0 Å². The number of H-pyrrole nitrogens is 1. The van der Waals surface area contributed by atoms with Crippen molar-refractivity contribution in [3.8, 4) is 0 Å². The van der Waals surface area contributed by atoms with E-state index in [1.807, 2.05) is 7.05 Å². The van der Waals surface area contributed by atoms with Crippen LogP contribution in [0.1, 0.15) is 44.7 Å². The van der Waals surface area contributed by atoms with E-state index in [0.717, 1.165) is 38.5 Å². The number of aliphatic imine (C=N–C) groups is 1. The van der Waals surface area contributed by atoms with Gasteiger partial charge in [0.1, 0.15) is 0 Å². The Morgan fingerprint density at radius 3 is 2.79 bits per heavy atom. The zero-order valence-electron chi connectivity index (χ0n) is 18.5. The molecule has 1 aromatic heterocycles. The summed E-state index contributed by atoms with van der Waals surface area (Å²) in [6.07, 6.45) is 5.73. The molecule has 2 unspecified atom stereocenters. The quantitative estimate of drug-likeness (QED) is 0.311. The molecule has 6 heteroatoms. The van der Waals surface area contributed by atoms with Crippen molar-refractivity contribution in [1.82, 2.24) is 15.6 Å². The molecule has 0 spiro atoms. The Kier molecular flexibility index (Phi) is 8.82. The van der Waals surface area contributed by atoms with Crippen molar-refractivity contribution in [3.63, 3.8) is 0 Å². The molecule has 0 aliphatic carbocycles. The van der Waals surface area contributed by atoms with E-state index in [4.69, 9.17) is 4.74 Å². The van der Waals surface area contributed by atoms with Crippen LogP contribution in [0.25, 0.3) is 10.9 Å². The molecule has 2 aromatic rings. The number of ether oxygens (including phenoxy) is 1. The second-order valence-electron chi connectivity index (χ2n) is 9.00. The SMILES string of the molecule is CN=C(NCCc1c[nH]c2c(C)cccc12)NCC1CCCOC1C(C)(C)C.I. The highest BCUT2D eigenvalue weighted by Gasteiger charge is 2.35. The van der Waals surface area contributed by atoms with Crippen molar-refractivity contribution < 1.29 is 4.74 Å². The van der Waals surface area contributed by atoms with Crippen molar-refractivity contribution in [2.45, 2.75) is 53.1 Å². The highest BCUT2D eigenvalue weighted by molar-refractivity contribution is 14.0. The summed E-state index contributed by atoms with van der Waals surface area (Å²) in [6, 6.07) is 6.46. The van der Waals surface area contributed by atoms with Crippen molar-refractivity contribution in [2.75, 3.05) is 26.7 Å². The first-order valence-electron chi connectivity index (χ1n) is 10.5. The lowest BCUT2D eigenvalue weighted by Gasteiger charge is -2.40. The Balaban J connectivity index is 0.00000300. The number of hydrogen-bond donors (Lipinski definition) is 3. The van der Waals surface area contributed by atoms with Gasteiger partial charge in [0.2, 0.25) is 0 Å². The lowest BCUT2D eigenvalue weighted by atomic mass is 9.78. The maximum absolute atomic E-state index is 6.10. The number of aryl methyl sites for hydroxylation is 1. The summed E-state index contributed by atoms with van der Waals surface area (Å²) in [7, 11) is 1.84. The molecule has 2 heterocycles. The fraction of sp³-hybridized carbons (Fsp3) is 0.609. The second-order valence-corrected chi connectivity index (χ2v) is 9.00. The van der Waals surface area contributed by atoms with Crippen LogP contribution in [0.4, 0.5) is 0 Å². The molecule has 0 bridgehead atoms. The first-order chi connectivity index (χ1) is 13.4. The van der Waals surface area contributed by atoms with E-state index < -0.39 is 0 Å². The molecule has 3 rings (SSSR count). The summed E-state index contributed by atoms with van der Waals surface area (Å²) in [5, 5.41) is 8.30. The molecule has 2 atom stereocenters. The zero-order chi connectivity index (χ0) is 20.1. The number of nitrogens with one attached hydrogen (secondary N) is 3. The maximum Gasteiger partial charge on any atom is 0.190 e. The third-order valence-electron chi connectivity index (χ3n) is 5.75. The standard InChI is InChI=1S/C23H36N4O.HI/c1-16-8-6-10-19-17(14-26-20(16)19)11-12-25-22(24-5)27-15-18-9-7-13-28-21(18)23(2,3)4;/h6,8,10,14,18,21,26H,7,9,11-13,15H2,1-5H3,(H2,24,25,27);1H. The molecule has 0 saturated carbocycles. The van der Waals surface area contributed by atoms with Crippen LogP contribution in [-0.4, -0.2) is 43.8 Å². The van der Waals surface area contributed by atoms with Gasteiger partial charge < -0.3 is 20.4 Å². The minimum Gasteiger partial charge on any atom is -0.377 e. The molecule has 1 aliphatic heterocycles. The summed E-state index contributed by atoms with van der Waals surface area (Å²) >= 11 is 0. The fourth-order valence-electron chi connectivity index (χ4n) is 4.34. The monoisotopic (exact) mass is 512 g/mol. The van der Waals surface area contributed by atoms with Crippen LogP contribution in [0, 0.1) is 18.3 Å². The van der Waals surface area contributed by atoms with Gasteiger partial charge in [-0.25, -0.2) is 0 Å². The summed E-state index contributed by atoms with van der Waals surface area (Å²) < 4.78 is 6.10. The smallest absolute Gasteiger partial charge is 0.190 e. The molecule has 29 heavy (non-hydrogen) atoms. The summed E-state index contributed by atoms with van der Waals surface area (Å²) in [5.41, 5.74) is 4.04. The van der Waals surface area contributed by atoms with Crippen molar-refractivity contribution in [1.29, 1.82) is 0 Å². The van der Waals surface area contributed by atoms with Gasteiger partial charge in [0, 0.05) is 49.8 Å². The number of aromatic amines is 1. The minimum absolute atomic E-state index is 0. The molecule has 1 saturated heterocycles. The number of guanidine groups is 1. The number of rotatable bonds is 5. The average Bonchev–Trinajstić information content (AvgIpc) is 3.08. The number of benzene rings is 1. The Morgan fingerprint density at radius 2 is 2.07 bits per heavy atom. The molecule has 1 fully saturated rings. The van der Waals surface area contributed by atoms with Gasteiger partial charge in [0.25, 0.3) is 0 Å². The molecule has 1 aliphatic rings. The van der Waals surface area contributed by atoms with E-state index in [-0.39, 0.29) is 29.4 Å². The predicted molar refractivity (Wildman–Crippen MR) is 133 cm³/mol. The molecular weight excluding hydrogens is 475 g/mol. The lowest BCUT2D eigenvalue weighted by Crippen LogP contribution is -2.47. The third kappa shape index (κ3) is 6.10. The van der Waals surface area contributed by atoms with Gasteiger partial charge in [-0.2, -0.15) is 0 Å². The molecule has 1 aromatic carbocycles. The largest absolute Gasteiger partial charge is 0.377 e. The molecule has 162 valence electrons. The molecule has 0 radical (unpaired) electrons. The Hall–Kier alpha value is -1.28. The van der Waals surface area contributed by atoms with Gasteiger partial charge >= 0.3 is 0 Å². The highest BCUT2D eigenvalue weighted by Crippen LogP contribution is 2.33. The van der Waals surface area contributed by atoms with Crippen molar-refractivity contribution >= 4 is 40.8 Å². The molecule has 5 nitrogen and oxygen atoms in total. The zero-order valence-corrected chi connectivity index (χ0v) is 20.8. The fourth-order valence-corrected chi connectivity index (χ4v) is 4.34. The van der Waals surface area contributed by atoms with E-state index in [0.29, 0.717) is 12.0 Å². The Morgan fingerprint density at radius 1 is 1.28 bits per heavy atom. The van der Waals surface area contributed by atoms with Crippen LogP contribution >= 0.6 is 24.0 Å². The third-order valence-corrected chi connectivity index (χ3v) is 5.75. The molecular formula is C23H37IN4O. The number of hydrogen-bond acceptors (Lipinski definition) is 2. The van der Waals surface area contributed by atoms with E-state index in [1.165, 1.54) is 28.5 Å². The van der Waals surface area contributed by atoms with E-state index in [1.54, 1.807) is 0 Å². The van der Waals surface area contributed by atoms with Crippen LogP contribution in [0.15, 0.2) is 29.4 Å². The van der Waals surface area contributed by atoms with Crippen molar-refractivity contribution in [3.05, 3.63) is 35.5 Å². The number of aromatic nitrogens is 1. The first-order valence-corrected chi connectivity index (χ1v) is 10.5. The second kappa shape index (κ2) is 10.7. The van der Waals surface area contributed by atoms with Gasteiger partial charge in [0.15, 0.2) is 5.96 Å². The van der Waals surface area contributed by atoms with Crippen molar-refractivity contribution in [2.24, 2.45) is 16.3 Å². The minimum atomic E-state index is 0. The maximum atomic E-state index is 6.10. The van der Waals surface area contributed by atoms with E-state index in [2.05, 4.69) is 72.7 Å². The molecule has 3 N–H and O–H groups in total. The van der Waals surface area contributed by atoms with Gasteiger partial charge in [-0.3, -0.25) is 4.99 Å². The summed E-state index contributed by atoms with van der Waals surface area (Å²) in [4.78, 5) is 7.81. The number of fused-ring (bicyclic) bond motifs is 1. The van der Waals surface area contributed by atoms with Gasteiger partial charge in [0.05, 0.1) is 6.10 Å².